The van der Waals surface area contributed by atoms with E-state index in [2.05, 4.69) is 10.6 Å². The standard InChI is InChI=1S/C14H12N2O3/c1-8(9-4-5-19-7-9)15-10-2-3-11-12(6-10)14(18)16-13(11)17/h2-8,15H,1H3,(H,16,17,18). The van der Waals surface area contributed by atoms with E-state index in [4.69, 9.17) is 4.42 Å². The van der Waals surface area contributed by atoms with Crippen LogP contribution in [0.2, 0.25) is 0 Å². The maximum atomic E-state index is 11.6. The molecule has 0 radical (unpaired) electrons. The maximum absolute atomic E-state index is 11.6. The Labute approximate surface area is 109 Å². The van der Waals surface area contributed by atoms with Gasteiger partial charge in [-0.15, -0.1) is 0 Å². The van der Waals surface area contributed by atoms with E-state index >= 15 is 0 Å². The van der Waals surface area contributed by atoms with Crippen LogP contribution in [-0.2, 0) is 0 Å². The molecule has 2 aromatic rings. The first-order chi connectivity index (χ1) is 9.15. The van der Waals surface area contributed by atoms with Crippen molar-refractivity contribution in [3.8, 4) is 0 Å². The van der Waals surface area contributed by atoms with Gasteiger partial charge in [-0.25, -0.2) is 0 Å². The topological polar surface area (TPSA) is 71.3 Å². The molecule has 19 heavy (non-hydrogen) atoms. The number of rotatable bonds is 3. The summed E-state index contributed by atoms with van der Waals surface area (Å²) in [4.78, 5) is 23.0. The number of nitrogens with one attached hydrogen (secondary N) is 2. The van der Waals surface area contributed by atoms with E-state index in [-0.39, 0.29) is 17.9 Å². The van der Waals surface area contributed by atoms with Crippen molar-refractivity contribution in [2.45, 2.75) is 13.0 Å². The predicted molar refractivity (Wildman–Crippen MR) is 69.0 cm³/mol. The summed E-state index contributed by atoms with van der Waals surface area (Å²) in [5.41, 5.74) is 2.64. The Morgan fingerprint density at radius 2 is 1.95 bits per heavy atom. The Bertz CT molecular complexity index is 647. The van der Waals surface area contributed by atoms with Gasteiger partial charge in [0.05, 0.1) is 29.7 Å². The lowest BCUT2D eigenvalue weighted by Gasteiger charge is -2.13. The van der Waals surface area contributed by atoms with Crippen LogP contribution in [0.25, 0.3) is 0 Å². The Kier molecular flexibility index (Phi) is 2.59. The zero-order valence-corrected chi connectivity index (χ0v) is 10.3. The number of hydrogen-bond acceptors (Lipinski definition) is 4. The number of amides is 2. The van der Waals surface area contributed by atoms with Crippen LogP contribution in [0.5, 0.6) is 0 Å². The van der Waals surface area contributed by atoms with Crippen molar-refractivity contribution in [1.29, 1.82) is 0 Å². The van der Waals surface area contributed by atoms with Crippen LogP contribution in [0.15, 0.2) is 41.2 Å². The first-order valence-corrected chi connectivity index (χ1v) is 5.93. The summed E-state index contributed by atoms with van der Waals surface area (Å²) in [6.07, 6.45) is 3.28. The molecule has 0 saturated carbocycles. The Morgan fingerprint density at radius 3 is 2.68 bits per heavy atom. The molecule has 0 bridgehead atoms. The quantitative estimate of drug-likeness (QED) is 0.827. The molecule has 0 aliphatic carbocycles. The molecule has 1 atom stereocenters. The van der Waals surface area contributed by atoms with Crippen molar-refractivity contribution in [3.05, 3.63) is 53.5 Å². The van der Waals surface area contributed by atoms with Crippen molar-refractivity contribution in [2.75, 3.05) is 5.32 Å². The highest BCUT2D eigenvalue weighted by Crippen LogP contribution is 2.24. The van der Waals surface area contributed by atoms with Crippen LogP contribution in [0.4, 0.5) is 5.69 Å². The van der Waals surface area contributed by atoms with Gasteiger partial charge in [-0.05, 0) is 31.2 Å². The third kappa shape index (κ3) is 1.99. The van der Waals surface area contributed by atoms with Crippen molar-refractivity contribution in [2.24, 2.45) is 0 Å². The second-order valence-electron chi connectivity index (χ2n) is 4.47. The molecule has 1 aliphatic heterocycles. The Balaban J connectivity index is 1.86. The molecule has 2 amide bonds. The average Bonchev–Trinajstić information content (AvgIpc) is 2.99. The lowest BCUT2D eigenvalue weighted by molar-refractivity contribution is 0.0879. The van der Waals surface area contributed by atoms with Crippen LogP contribution in [-0.4, -0.2) is 11.8 Å². The van der Waals surface area contributed by atoms with Crippen LogP contribution >= 0.6 is 0 Å². The molecule has 5 heteroatoms. The zero-order valence-electron chi connectivity index (χ0n) is 10.3. The molecule has 1 unspecified atom stereocenters. The summed E-state index contributed by atoms with van der Waals surface area (Å²) in [5, 5.41) is 5.53. The van der Waals surface area contributed by atoms with E-state index < -0.39 is 0 Å². The number of benzene rings is 1. The summed E-state index contributed by atoms with van der Waals surface area (Å²) < 4.78 is 5.03. The second-order valence-corrected chi connectivity index (χ2v) is 4.47. The molecule has 2 N–H and O–H groups in total. The highest BCUT2D eigenvalue weighted by Gasteiger charge is 2.26. The largest absolute Gasteiger partial charge is 0.472 e. The monoisotopic (exact) mass is 256 g/mol. The van der Waals surface area contributed by atoms with Crippen LogP contribution in [0.3, 0.4) is 0 Å². The Hall–Kier alpha value is -2.56. The molecule has 1 aromatic carbocycles. The van der Waals surface area contributed by atoms with Gasteiger partial charge in [0.2, 0.25) is 0 Å². The molecule has 1 aromatic heterocycles. The first kappa shape index (κ1) is 11.5. The normalized spacial score (nSPS) is 15.0. The summed E-state index contributed by atoms with van der Waals surface area (Å²) in [6, 6.07) is 7.05. The number of fused-ring (bicyclic) bond motifs is 1. The van der Waals surface area contributed by atoms with Gasteiger partial charge >= 0.3 is 0 Å². The van der Waals surface area contributed by atoms with Crippen LogP contribution in [0.1, 0.15) is 39.2 Å². The molecule has 5 nitrogen and oxygen atoms in total. The fourth-order valence-electron chi connectivity index (χ4n) is 2.11. The minimum atomic E-state index is -0.348. The van der Waals surface area contributed by atoms with E-state index in [9.17, 15) is 9.59 Å². The van der Waals surface area contributed by atoms with Crippen LogP contribution in [0, 0.1) is 0 Å². The van der Waals surface area contributed by atoms with Gasteiger partial charge in [-0.3, -0.25) is 14.9 Å². The molecule has 0 spiro atoms. The molecule has 96 valence electrons. The molecular formula is C14H12N2O3. The summed E-state index contributed by atoms with van der Waals surface area (Å²) in [7, 11) is 0. The maximum Gasteiger partial charge on any atom is 0.259 e. The lowest BCUT2D eigenvalue weighted by atomic mass is 10.1. The highest BCUT2D eigenvalue weighted by molar-refractivity contribution is 6.21. The summed E-state index contributed by atoms with van der Waals surface area (Å²) in [5.74, 6) is -0.686. The summed E-state index contributed by atoms with van der Waals surface area (Å²) in [6.45, 7) is 1.99. The number of carbonyl (C=O) groups excluding carboxylic acids is 2. The molecule has 3 rings (SSSR count). The van der Waals surface area contributed by atoms with Crippen molar-refractivity contribution in [3.63, 3.8) is 0 Å². The summed E-state index contributed by atoms with van der Waals surface area (Å²) >= 11 is 0. The van der Waals surface area contributed by atoms with E-state index in [0.717, 1.165) is 11.3 Å². The number of hydrogen-bond donors (Lipinski definition) is 2. The van der Waals surface area contributed by atoms with Gasteiger partial charge in [0.1, 0.15) is 0 Å². The van der Waals surface area contributed by atoms with E-state index in [1.165, 1.54) is 0 Å². The first-order valence-electron chi connectivity index (χ1n) is 5.93. The molecule has 2 heterocycles. The number of anilines is 1. The molecule has 1 aliphatic rings. The van der Waals surface area contributed by atoms with Crippen molar-refractivity contribution >= 4 is 17.5 Å². The van der Waals surface area contributed by atoms with Gasteiger partial charge in [0.25, 0.3) is 11.8 Å². The van der Waals surface area contributed by atoms with Crippen LogP contribution < -0.4 is 10.6 Å². The fourth-order valence-corrected chi connectivity index (χ4v) is 2.11. The molecule has 0 fully saturated rings. The molecular weight excluding hydrogens is 244 g/mol. The SMILES string of the molecule is CC(Nc1ccc2c(c1)C(=O)NC2=O)c1ccoc1. The second kappa shape index (κ2) is 4.28. The van der Waals surface area contributed by atoms with E-state index in [1.54, 1.807) is 30.7 Å². The van der Waals surface area contributed by atoms with Gasteiger partial charge in [0, 0.05) is 11.3 Å². The van der Waals surface area contributed by atoms with Gasteiger partial charge in [0.15, 0.2) is 0 Å². The minimum absolute atomic E-state index is 0.0527. The minimum Gasteiger partial charge on any atom is -0.472 e. The average molecular weight is 256 g/mol. The van der Waals surface area contributed by atoms with E-state index in [1.807, 2.05) is 13.0 Å². The highest BCUT2D eigenvalue weighted by atomic mass is 16.3. The fraction of sp³-hybridized carbons (Fsp3) is 0.143. The molecule has 0 saturated heterocycles. The smallest absolute Gasteiger partial charge is 0.259 e. The number of imide groups is 1. The Morgan fingerprint density at radius 1 is 1.16 bits per heavy atom. The van der Waals surface area contributed by atoms with Gasteiger partial charge in [-0.2, -0.15) is 0 Å². The predicted octanol–water partition coefficient (Wildman–Crippen LogP) is 2.34. The van der Waals surface area contributed by atoms with Gasteiger partial charge < -0.3 is 9.73 Å². The lowest BCUT2D eigenvalue weighted by Crippen LogP contribution is -2.19. The third-order valence-corrected chi connectivity index (χ3v) is 3.16. The van der Waals surface area contributed by atoms with Gasteiger partial charge in [-0.1, -0.05) is 0 Å². The van der Waals surface area contributed by atoms with E-state index in [0.29, 0.717) is 11.1 Å². The zero-order chi connectivity index (χ0) is 13.4. The van der Waals surface area contributed by atoms with Crippen molar-refractivity contribution < 1.29 is 14.0 Å². The van der Waals surface area contributed by atoms with Crippen molar-refractivity contribution in [1.82, 2.24) is 5.32 Å². The number of carbonyl (C=O) groups is 2. The number of furan rings is 1. The third-order valence-electron chi connectivity index (χ3n) is 3.16.